The van der Waals surface area contributed by atoms with Crippen LogP contribution in [0.5, 0.6) is 0 Å². The second-order valence-corrected chi connectivity index (χ2v) is 11.9. The van der Waals surface area contributed by atoms with Crippen LogP contribution in [0.3, 0.4) is 0 Å². The second kappa shape index (κ2) is 13.2. The molecule has 8 N–H and O–H groups in total. The summed E-state index contributed by atoms with van der Waals surface area (Å²) >= 11 is 1.43. The molecule has 4 aliphatic rings. The van der Waals surface area contributed by atoms with Crippen LogP contribution in [-0.4, -0.2) is 129 Å². The summed E-state index contributed by atoms with van der Waals surface area (Å²) in [4.78, 5) is 59.4. The Bertz CT molecular complexity index is 1060. The molecule has 14 nitrogen and oxygen atoms in total. The van der Waals surface area contributed by atoms with Gasteiger partial charge in [0.1, 0.15) is 12.2 Å². The number of likely N-dealkylation sites (N-methyl/N-ethyl adjacent to an activating group) is 1. The number of carboxylic acids is 1. The van der Waals surface area contributed by atoms with Crippen molar-refractivity contribution in [3.8, 4) is 0 Å². The number of aliphatic hydroxyl groups is 2. The van der Waals surface area contributed by atoms with E-state index < -0.39 is 18.0 Å². The summed E-state index contributed by atoms with van der Waals surface area (Å²) in [5.41, 5.74) is 10.5. The van der Waals surface area contributed by atoms with Gasteiger partial charge in [0, 0.05) is 48.4 Å². The molecule has 7 atom stereocenters. The van der Waals surface area contributed by atoms with Crippen LogP contribution in [0.4, 0.5) is 0 Å². The average Bonchev–Trinajstić information content (AvgIpc) is 3.54. The van der Waals surface area contributed by atoms with Crippen LogP contribution in [0.15, 0.2) is 15.6 Å². The number of fused-ring (bicyclic) bond motifs is 1. The Kier molecular flexibility index (Phi) is 10.4. The third-order valence-electron chi connectivity index (χ3n) is 7.67. The SMILES string of the molecule is CCO.C[C@@H](O)[C@H]1C(=O)N2C(C(=O)O)=C(S[C@H]3C[C@@H](C(=O)N4CC[C@H](NC(=O)CN=C(N)N)C4)N(C)C3)[C@H](C)[C@H]12. The van der Waals surface area contributed by atoms with Crippen molar-refractivity contribution >= 4 is 41.4 Å². The van der Waals surface area contributed by atoms with E-state index in [2.05, 4.69) is 10.3 Å². The van der Waals surface area contributed by atoms with Crippen molar-refractivity contribution in [3.63, 3.8) is 0 Å². The first kappa shape index (κ1) is 31.6. The Balaban J connectivity index is 0.00000141. The lowest BCUT2D eigenvalue weighted by molar-refractivity contribution is -0.163. The van der Waals surface area contributed by atoms with Gasteiger partial charge in [-0.15, -0.1) is 11.8 Å². The summed E-state index contributed by atoms with van der Waals surface area (Å²) in [7, 11) is 1.87. The number of aliphatic hydroxyl groups excluding tert-OH is 2. The van der Waals surface area contributed by atoms with Crippen LogP contribution >= 0.6 is 11.8 Å². The minimum absolute atomic E-state index is 0.000632. The number of nitrogens with two attached hydrogens (primary N) is 2. The molecular weight excluding hydrogens is 542 g/mol. The molecular formula is C25H41N7O7S. The number of rotatable bonds is 8. The topological polar surface area (TPSA) is 215 Å². The van der Waals surface area contributed by atoms with Crippen LogP contribution < -0.4 is 16.8 Å². The van der Waals surface area contributed by atoms with E-state index in [4.69, 9.17) is 16.6 Å². The summed E-state index contributed by atoms with van der Waals surface area (Å²) in [6.07, 6.45) is 0.325. The zero-order valence-electron chi connectivity index (χ0n) is 23.3. The van der Waals surface area contributed by atoms with Crippen molar-refractivity contribution in [2.24, 2.45) is 28.3 Å². The van der Waals surface area contributed by atoms with E-state index in [9.17, 15) is 29.4 Å². The lowest BCUT2D eigenvalue weighted by Gasteiger charge is -2.46. The number of nitrogens with one attached hydrogen (secondary N) is 1. The maximum Gasteiger partial charge on any atom is 0.353 e. The summed E-state index contributed by atoms with van der Waals surface area (Å²) in [5, 5.41) is 30.3. The molecule has 4 heterocycles. The maximum absolute atomic E-state index is 13.3. The Morgan fingerprint density at radius 2 is 1.90 bits per heavy atom. The highest BCUT2D eigenvalue weighted by atomic mass is 32.2. The largest absolute Gasteiger partial charge is 0.477 e. The number of carbonyl (C=O) groups is 4. The highest BCUT2D eigenvalue weighted by Crippen LogP contribution is 2.52. The fourth-order valence-corrected chi connectivity index (χ4v) is 7.51. The normalized spacial score (nSPS) is 30.3. The van der Waals surface area contributed by atoms with E-state index in [1.165, 1.54) is 16.7 Å². The molecule has 0 aliphatic carbocycles. The van der Waals surface area contributed by atoms with Gasteiger partial charge in [0.05, 0.1) is 24.1 Å². The number of β-lactam (4-membered cyclic amide) rings is 1. The Morgan fingerprint density at radius 3 is 2.48 bits per heavy atom. The minimum atomic E-state index is -1.15. The molecule has 4 aliphatic heterocycles. The number of aliphatic imine (C=N–C) groups is 1. The van der Waals surface area contributed by atoms with E-state index >= 15 is 0 Å². The third kappa shape index (κ3) is 6.53. The zero-order chi connectivity index (χ0) is 29.9. The average molecular weight is 584 g/mol. The number of aliphatic carboxylic acids is 1. The molecule has 0 aromatic heterocycles. The quantitative estimate of drug-likeness (QED) is 0.104. The lowest BCUT2D eigenvalue weighted by Crippen LogP contribution is -2.63. The van der Waals surface area contributed by atoms with Gasteiger partial charge in [0.2, 0.25) is 17.7 Å². The van der Waals surface area contributed by atoms with Crippen LogP contribution in [0.2, 0.25) is 0 Å². The van der Waals surface area contributed by atoms with Gasteiger partial charge in [0.25, 0.3) is 0 Å². The number of hydrogen-bond acceptors (Lipinski definition) is 9. The van der Waals surface area contributed by atoms with Gasteiger partial charge in [-0.25, -0.2) is 9.79 Å². The van der Waals surface area contributed by atoms with Crippen molar-refractivity contribution in [2.75, 3.05) is 39.8 Å². The number of nitrogens with zero attached hydrogens (tertiary/aromatic N) is 4. The molecule has 3 fully saturated rings. The first-order valence-corrected chi connectivity index (χ1v) is 14.3. The van der Waals surface area contributed by atoms with Crippen molar-refractivity contribution in [1.29, 1.82) is 0 Å². The molecule has 40 heavy (non-hydrogen) atoms. The number of carboxylic acid groups (broad SMARTS) is 1. The van der Waals surface area contributed by atoms with Gasteiger partial charge >= 0.3 is 5.97 Å². The predicted molar refractivity (Wildman–Crippen MR) is 149 cm³/mol. The molecule has 0 radical (unpaired) electrons. The molecule has 0 saturated carbocycles. The van der Waals surface area contributed by atoms with Gasteiger partial charge in [-0.3, -0.25) is 19.3 Å². The molecule has 0 unspecified atom stereocenters. The second-order valence-electron chi connectivity index (χ2n) is 10.6. The molecule has 0 aromatic rings. The number of hydrogen-bond donors (Lipinski definition) is 6. The van der Waals surface area contributed by atoms with Crippen molar-refractivity contribution in [2.45, 2.75) is 63.1 Å². The summed E-state index contributed by atoms with van der Waals surface area (Å²) in [5.74, 6) is -2.82. The van der Waals surface area contributed by atoms with Gasteiger partial charge in [-0.05, 0) is 33.7 Å². The van der Waals surface area contributed by atoms with Crippen LogP contribution in [0.25, 0.3) is 0 Å². The molecule has 224 valence electrons. The zero-order valence-corrected chi connectivity index (χ0v) is 24.1. The summed E-state index contributed by atoms with van der Waals surface area (Å²) in [6, 6.07) is -0.890. The minimum Gasteiger partial charge on any atom is -0.477 e. The van der Waals surface area contributed by atoms with Gasteiger partial charge in [0.15, 0.2) is 5.96 Å². The van der Waals surface area contributed by atoms with Crippen molar-refractivity contribution in [1.82, 2.24) is 20.0 Å². The molecule has 0 aromatic carbocycles. The van der Waals surface area contributed by atoms with Crippen LogP contribution in [0.1, 0.15) is 33.6 Å². The first-order chi connectivity index (χ1) is 18.8. The molecule has 15 heteroatoms. The van der Waals surface area contributed by atoms with E-state index in [1.807, 2.05) is 18.9 Å². The van der Waals surface area contributed by atoms with E-state index in [0.717, 1.165) is 0 Å². The third-order valence-corrected chi connectivity index (χ3v) is 9.16. The predicted octanol–water partition coefficient (Wildman–Crippen LogP) is -2.06. The summed E-state index contributed by atoms with van der Waals surface area (Å²) < 4.78 is 0. The fraction of sp³-hybridized carbons (Fsp3) is 0.720. The molecule has 3 amide bonds. The molecule has 3 saturated heterocycles. The first-order valence-electron chi connectivity index (χ1n) is 13.4. The monoisotopic (exact) mass is 583 g/mol. The number of amides is 3. The van der Waals surface area contributed by atoms with Crippen LogP contribution in [0, 0.1) is 11.8 Å². The van der Waals surface area contributed by atoms with E-state index in [0.29, 0.717) is 37.4 Å². The fourth-order valence-electron chi connectivity index (χ4n) is 5.91. The lowest BCUT2D eigenvalue weighted by atomic mass is 9.79. The number of likely N-dealkylation sites (tertiary alicyclic amines) is 2. The molecule has 0 spiro atoms. The Labute approximate surface area is 237 Å². The van der Waals surface area contributed by atoms with E-state index in [-0.39, 0.29) is 71.8 Å². The summed E-state index contributed by atoms with van der Waals surface area (Å²) in [6.45, 7) is 6.74. The molecule has 0 bridgehead atoms. The van der Waals surface area contributed by atoms with Crippen molar-refractivity contribution < 1.29 is 34.5 Å². The standard InChI is InChI=1S/C23H35N7O6S.C2H6O/c1-10-17-16(11(2)31)21(34)30(17)18(22(35)36)19(10)37-13-6-14(28(3)9-13)20(33)29-5-4-12(8-29)27-15(32)7-26-23(24)25;1-2-3/h10-14,16-17,31H,4-9H2,1-3H3,(H,27,32)(H,35,36)(H4,24,25,26);3H,2H2,1H3/t10-,11-,12+,13+,14+,16-,17-;/m1./s1. The number of thioether (sulfide) groups is 1. The smallest absolute Gasteiger partial charge is 0.353 e. The Hall–Kier alpha value is -2.88. The van der Waals surface area contributed by atoms with Gasteiger partial charge in [-0.2, -0.15) is 0 Å². The van der Waals surface area contributed by atoms with E-state index in [1.54, 1.807) is 18.7 Å². The van der Waals surface area contributed by atoms with Crippen LogP contribution in [-0.2, 0) is 19.2 Å². The maximum atomic E-state index is 13.3. The number of guanidine groups is 1. The number of carbonyl (C=O) groups excluding carboxylic acids is 3. The highest BCUT2D eigenvalue weighted by Gasteiger charge is 2.60. The Morgan fingerprint density at radius 1 is 1.25 bits per heavy atom. The van der Waals surface area contributed by atoms with Crippen molar-refractivity contribution in [3.05, 3.63) is 10.6 Å². The van der Waals surface area contributed by atoms with Gasteiger partial charge in [-0.1, -0.05) is 6.92 Å². The highest BCUT2D eigenvalue weighted by molar-refractivity contribution is 8.03. The molecule has 4 rings (SSSR count). The van der Waals surface area contributed by atoms with Gasteiger partial charge < -0.3 is 41.9 Å².